The van der Waals surface area contributed by atoms with E-state index in [0.29, 0.717) is 29.7 Å². The molecule has 0 bridgehead atoms. The Balaban J connectivity index is 0.993. The molecule has 1 saturated carbocycles. The third-order valence-electron chi connectivity index (χ3n) is 9.97. The second-order valence-corrected chi connectivity index (χ2v) is 14.3. The molecule has 3 fully saturated rings. The first-order chi connectivity index (χ1) is 23.4. The number of hydrogen-bond acceptors (Lipinski definition) is 10. The van der Waals surface area contributed by atoms with Crippen LogP contribution in [0.1, 0.15) is 48.3 Å². The fourth-order valence-corrected chi connectivity index (χ4v) is 7.64. The van der Waals surface area contributed by atoms with Crippen molar-refractivity contribution >= 4 is 11.7 Å². The van der Waals surface area contributed by atoms with Crippen LogP contribution in [-0.2, 0) is 13.0 Å². The summed E-state index contributed by atoms with van der Waals surface area (Å²) in [6.45, 7) is 7.94. The highest BCUT2D eigenvalue weighted by Crippen LogP contribution is 2.52. The number of nitrogens with zero attached hydrogens (tertiary/aromatic N) is 8. The van der Waals surface area contributed by atoms with Crippen LogP contribution in [0.4, 0.5) is 23.4 Å². The summed E-state index contributed by atoms with van der Waals surface area (Å²) in [5, 5.41) is 7.80. The number of likely N-dealkylation sites (tertiary alicyclic amines) is 1. The Kier molecular flexibility index (Phi) is 8.84. The Morgan fingerprint density at radius 2 is 1.92 bits per heavy atom. The Morgan fingerprint density at radius 3 is 2.63 bits per heavy atom. The van der Waals surface area contributed by atoms with Gasteiger partial charge in [-0.05, 0) is 57.9 Å². The number of carbonyl (C=O) groups is 1. The summed E-state index contributed by atoms with van der Waals surface area (Å²) in [7, 11) is 2.15. The molecule has 0 radical (unpaired) electrons. The number of rotatable bonds is 10. The number of amides is 1. The molecule has 7 rings (SSSR count). The predicted molar refractivity (Wildman–Crippen MR) is 171 cm³/mol. The summed E-state index contributed by atoms with van der Waals surface area (Å²) in [6, 6.07) is 4.71. The highest BCUT2D eigenvalue weighted by atomic mass is 19.4. The van der Waals surface area contributed by atoms with E-state index in [9.17, 15) is 18.0 Å². The van der Waals surface area contributed by atoms with Gasteiger partial charge in [0.25, 0.3) is 11.8 Å². The number of para-hydroxylation sites is 1. The average Bonchev–Trinajstić information content (AvgIpc) is 3.00. The van der Waals surface area contributed by atoms with E-state index < -0.39 is 36.2 Å². The van der Waals surface area contributed by atoms with Gasteiger partial charge in [-0.25, -0.2) is 9.37 Å². The summed E-state index contributed by atoms with van der Waals surface area (Å²) in [6.07, 6.45) is 1.13. The van der Waals surface area contributed by atoms with E-state index in [1.807, 2.05) is 17.2 Å². The van der Waals surface area contributed by atoms with E-state index in [1.54, 1.807) is 0 Å². The Hall–Kier alpha value is -4.11. The second kappa shape index (κ2) is 13.0. The van der Waals surface area contributed by atoms with Gasteiger partial charge in [-0.15, -0.1) is 10.2 Å². The van der Waals surface area contributed by atoms with E-state index in [-0.39, 0.29) is 23.0 Å². The summed E-state index contributed by atoms with van der Waals surface area (Å²) >= 11 is 0. The molecular formula is C34H40F4N8O3. The van der Waals surface area contributed by atoms with Crippen LogP contribution >= 0.6 is 0 Å². The first kappa shape index (κ1) is 33.4. The number of halogens is 4. The number of carbonyl (C=O) groups excluding carboxylic acids is 1. The minimum absolute atomic E-state index is 0.0107. The predicted octanol–water partition coefficient (Wildman–Crippen LogP) is 4.58. The van der Waals surface area contributed by atoms with Crippen molar-refractivity contribution < 1.29 is 31.8 Å². The lowest BCUT2D eigenvalue weighted by Crippen LogP contribution is -2.65. The van der Waals surface area contributed by atoms with E-state index in [1.165, 1.54) is 37.9 Å². The van der Waals surface area contributed by atoms with Crippen molar-refractivity contribution in [2.45, 2.75) is 58.0 Å². The number of pyridine rings is 1. The average molecular weight is 685 g/mol. The molecule has 1 aromatic carbocycles. The van der Waals surface area contributed by atoms with Crippen molar-refractivity contribution in [1.29, 1.82) is 0 Å². The van der Waals surface area contributed by atoms with Crippen LogP contribution in [0, 0.1) is 17.2 Å². The fraction of sp³-hybridized carbons (Fsp3) is 0.559. The molecule has 3 aliphatic heterocycles. The third kappa shape index (κ3) is 7.00. The lowest BCUT2D eigenvalue weighted by atomic mass is 9.61. The largest absolute Gasteiger partial charge is 0.490 e. The number of aromatic nitrogens is 4. The van der Waals surface area contributed by atoms with Crippen LogP contribution in [-0.4, -0.2) is 112 Å². The van der Waals surface area contributed by atoms with Crippen LogP contribution in [0.3, 0.4) is 0 Å². The highest BCUT2D eigenvalue weighted by Gasteiger charge is 2.54. The second-order valence-electron chi connectivity index (χ2n) is 14.3. The third-order valence-corrected chi connectivity index (χ3v) is 9.97. The summed E-state index contributed by atoms with van der Waals surface area (Å²) in [5.74, 6) is -0.677. The van der Waals surface area contributed by atoms with Crippen molar-refractivity contribution in [2.24, 2.45) is 11.3 Å². The maximum Gasteiger partial charge on any atom is 0.406 e. The Morgan fingerprint density at radius 1 is 1.14 bits per heavy atom. The number of alkyl halides is 3. The van der Waals surface area contributed by atoms with Crippen LogP contribution in [0.15, 0.2) is 36.8 Å². The number of hydrogen-bond donors (Lipinski definition) is 0. The lowest BCUT2D eigenvalue weighted by Gasteiger charge is -2.58. The van der Waals surface area contributed by atoms with Crippen LogP contribution in [0.5, 0.6) is 17.4 Å². The first-order valence-electron chi connectivity index (χ1n) is 16.7. The zero-order chi connectivity index (χ0) is 34.5. The summed E-state index contributed by atoms with van der Waals surface area (Å²) in [4.78, 5) is 29.7. The minimum Gasteiger partial charge on any atom is -0.490 e. The molecule has 3 aromatic rings. The van der Waals surface area contributed by atoms with Crippen molar-refractivity contribution in [3.05, 3.63) is 59.4 Å². The van der Waals surface area contributed by atoms with Crippen molar-refractivity contribution in [1.82, 2.24) is 34.9 Å². The SMILES string of the molecule is CC(C)N(CC(F)(F)F)C(=O)c1cccc(F)c1Oc1nncnc1N1CC2(CC(Oc3ccnc4c3CN(CC3CN(C)C3)CC4)C2)C1. The molecule has 15 heteroatoms. The maximum absolute atomic E-state index is 15.1. The van der Waals surface area contributed by atoms with E-state index >= 15 is 4.39 Å². The van der Waals surface area contributed by atoms with Gasteiger partial charge in [-0.3, -0.25) is 14.7 Å². The van der Waals surface area contributed by atoms with Gasteiger partial charge in [0.1, 0.15) is 24.7 Å². The zero-order valence-corrected chi connectivity index (χ0v) is 27.8. The van der Waals surface area contributed by atoms with Crippen LogP contribution in [0.2, 0.25) is 0 Å². The minimum atomic E-state index is -4.64. The van der Waals surface area contributed by atoms with Gasteiger partial charge in [0.15, 0.2) is 17.4 Å². The molecular weight excluding hydrogens is 644 g/mol. The van der Waals surface area contributed by atoms with Crippen molar-refractivity contribution in [2.75, 3.05) is 57.8 Å². The molecule has 1 aliphatic carbocycles. The molecule has 1 amide bonds. The van der Waals surface area contributed by atoms with Gasteiger partial charge >= 0.3 is 6.18 Å². The number of benzene rings is 1. The van der Waals surface area contributed by atoms with Crippen molar-refractivity contribution in [3.8, 4) is 17.4 Å². The fourth-order valence-electron chi connectivity index (χ4n) is 7.64. The van der Waals surface area contributed by atoms with Crippen molar-refractivity contribution in [3.63, 3.8) is 0 Å². The molecule has 1 spiro atoms. The molecule has 2 saturated heterocycles. The summed E-state index contributed by atoms with van der Waals surface area (Å²) < 4.78 is 67.3. The quantitative estimate of drug-likeness (QED) is 0.283. The molecule has 49 heavy (non-hydrogen) atoms. The molecule has 262 valence electrons. The van der Waals surface area contributed by atoms with Crippen LogP contribution < -0.4 is 14.4 Å². The Bertz CT molecular complexity index is 1690. The van der Waals surface area contributed by atoms with Gasteiger partial charge < -0.3 is 24.2 Å². The topological polar surface area (TPSA) is 100 Å². The van der Waals surface area contributed by atoms with Crippen LogP contribution in [0.25, 0.3) is 0 Å². The molecule has 5 heterocycles. The molecule has 2 aromatic heterocycles. The smallest absolute Gasteiger partial charge is 0.406 e. The van der Waals surface area contributed by atoms with E-state index in [0.717, 1.165) is 69.5 Å². The molecule has 0 atom stereocenters. The van der Waals surface area contributed by atoms with Gasteiger partial charge in [0.2, 0.25) is 0 Å². The lowest BCUT2D eigenvalue weighted by molar-refractivity contribution is -0.143. The van der Waals surface area contributed by atoms with Gasteiger partial charge in [-0.2, -0.15) is 13.2 Å². The zero-order valence-electron chi connectivity index (χ0n) is 27.8. The van der Waals surface area contributed by atoms with Gasteiger partial charge in [-0.1, -0.05) is 6.07 Å². The van der Waals surface area contributed by atoms with E-state index in [4.69, 9.17) is 9.47 Å². The normalized spacial score (nSPS) is 19.6. The monoisotopic (exact) mass is 684 g/mol. The maximum atomic E-state index is 15.1. The van der Waals surface area contributed by atoms with Gasteiger partial charge in [0, 0.05) is 81.1 Å². The highest BCUT2D eigenvalue weighted by molar-refractivity contribution is 5.97. The molecule has 0 N–H and O–H groups in total. The molecule has 11 nitrogen and oxygen atoms in total. The van der Waals surface area contributed by atoms with E-state index in [2.05, 4.69) is 37.0 Å². The number of anilines is 1. The Labute approximate surface area is 282 Å². The standard InChI is InChI=1S/C34H40F4N8O3/c1-21(2)46(19-34(36,37)38)32(47)24-5-4-6-26(35)29(24)49-31-30(40-20-41-42-31)45-17-33(18-45)11-23(12-33)48-28-7-9-39-27-8-10-44(16-25(27)28)15-22-13-43(3)14-22/h4-7,9,20-23H,8,10-19H2,1-3H3. The summed E-state index contributed by atoms with van der Waals surface area (Å²) in [5.41, 5.74) is 1.96. The van der Waals surface area contributed by atoms with Gasteiger partial charge in [0.05, 0.1) is 5.56 Å². The molecule has 4 aliphatic rings. The molecule has 0 unspecified atom stereocenters. The first-order valence-corrected chi connectivity index (χ1v) is 16.7. The number of fused-ring (bicyclic) bond motifs is 1. The number of ether oxygens (including phenoxy) is 2.